The summed E-state index contributed by atoms with van der Waals surface area (Å²) in [4.78, 5) is 29.0. The fourth-order valence-corrected chi connectivity index (χ4v) is 6.83. The molecule has 4 aromatic rings. The van der Waals surface area contributed by atoms with Gasteiger partial charge in [0.05, 0.1) is 16.1 Å². The van der Waals surface area contributed by atoms with E-state index in [0.717, 1.165) is 22.6 Å². The predicted octanol–water partition coefficient (Wildman–Crippen LogP) is 7.29. The average molecular weight is 707 g/mol. The Morgan fingerprint density at radius 3 is 2.09 bits per heavy atom. The molecular formula is C34H32Cl2F3N3O4S. The summed E-state index contributed by atoms with van der Waals surface area (Å²) < 4.78 is 70.1. The van der Waals surface area contributed by atoms with E-state index < -0.39 is 46.2 Å². The van der Waals surface area contributed by atoms with E-state index in [1.54, 1.807) is 62.4 Å². The highest BCUT2D eigenvalue weighted by Crippen LogP contribution is 2.34. The Labute approximate surface area is 282 Å². The minimum atomic E-state index is -4.79. The summed E-state index contributed by atoms with van der Waals surface area (Å²) in [5, 5.41) is 3.13. The number of hydrogen-bond donors (Lipinski definition) is 1. The number of carbonyl (C=O) groups excluding carboxylic acids is 2. The average Bonchev–Trinajstić information content (AvgIpc) is 3.03. The lowest BCUT2D eigenvalue weighted by Crippen LogP contribution is -2.53. The minimum Gasteiger partial charge on any atom is -0.355 e. The molecule has 0 aromatic heterocycles. The summed E-state index contributed by atoms with van der Waals surface area (Å²) in [6.07, 6.45) is -4.75. The van der Waals surface area contributed by atoms with Gasteiger partial charge in [0.15, 0.2) is 0 Å². The number of rotatable bonds is 12. The second kappa shape index (κ2) is 15.2. The maximum atomic E-state index is 14.4. The molecule has 13 heteroatoms. The van der Waals surface area contributed by atoms with E-state index in [1.807, 2.05) is 0 Å². The Bertz CT molecular complexity index is 1800. The molecule has 4 rings (SSSR count). The van der Waals surface area contributed by atoms with Gasteiger partial charge in [-0.25, -0.2) is 8.42 Å². The molecule has 0 radical (unpaired) electrons. The van der Waals surface area contributed by atoms with Crippen molar-refractivity contribution in [3.8, 4) is 0 Å². The Hall–Kier alpha value is -4.06. The lowest BCUT2D eigenvalue weighted by Gasteiger charge is -2.34. The van der Waals surface area contributed by atoms with Crippen LogP contribution in [0.15, 0.2) is 102 Å². The number of nitrogens with one attached hydrogen (secondary N) is 1. The van der Waals surface area contributed by atoms with E-state index in [1.165, 1.54) is 30.3 Å². The van der Waals surface area contributed by atoms with Crippen LogP contribution < -0.4 is 9.62 Å². The van der Waals surface area contributed by atoms with E-state index in [-0.39, 0.29) is 40.1 Å². The first-order valence-corrected chi connectivity index (χ1v) is 16.7. The van der Waals surface area contributed by atoms with E-state index in [2.05, 4.69) is 5.32 Å². The number of likely N-dealkylation sites (N-methyl/N-ethyl adjacent to an activating group) is 1. The minimum absolute atomic E-state index is 0.0365. The first kappa shape index (κ1) is 35.8. The van der Waals surface area contributed by atoms with Crippen LogP contribution in [0.1, 0.15) is 29.2 Å². The highest BCUT2D eigenvalue weighted by atomic mass is 35.5. The standard InChI is InChI=1S/C34H32Cl2F3N3O4S/c1-3-40-33(44)31(19-24-9-5-4-6-10-24)41(21-28-29(35)13-8-14-30(28)36)32(43)22-42(26-12-7-11-25(20-26)34(37,38)39)47(45,46)27-17-15-23(2)16-18-27/h4-18,20,31H,3,19,21-22H2,1-2H3,(H,40,44). The molecule has 0 spiro atoms. The molecule has 0 aliphatic rings. The highest BCUT2D eigenvalue weighted by molar-refractivity contribution is 7.92. The van der Waals surface area contributed by atoms with Gasteiger partial charge < -0.3 is 10.2 Å². The van der Waals surface area contributed by atoms with Gasteiger partial charge >= 0.3 is 6.18 Å². The topological polar surface area (TPSA) is 86.8 Å². The normalized spacial score (nSPS) is 12.3. The number of hydrogen-bond acceptors (Lipinski definition) is 4. The third-order valence-corrected chi connectivity index (χ3v) is 9.86. The van der Waals surface area contributed by atoms with Crippen molar-refractivity contribution in [3.63, 3.8) is 0 Å². The maximum Gasteiger partial charge on any atom is 0.416 e. The van der Waals surface area contributed by atoms with Gasteiger partial charge in [0.2, 0.25) is 11.8 Å². The molecule has 4 aromatic carbocycles. The van der Waals surface area contributed by atoms with Crippen molar-refractivity contribution in [1.29, 1.82) is 0 Å². The quantitative estimate of drug-likeness (QED) is 0.168. The van der Waals surface area contributed by atoms with Crippen molar-refractivity contribution in [2.24, 2.45) is 0 Å². The summed E-state index contributed by atoms with van der Waals surface area (Å²) in [5.74, 6) is -1.40. The van der Waals surface area contributed by atoms with Gasteiger partial charge in [-0.1, -0.05) is 83.4 Å². The third kappa shape index (κ3) is 8.85. The molecule has 1 N–H and O–H groups in total. The van der Waals surface area contributed by atoms with Crippen LogP contribution in [0.3, 0.4) is 0 Å². The number of nitrogens with zero attached hydrogens (tertiary/aromatic N) is 2. The molecule has 0 bridgehead atoms. The van der Waals surface area contributed by atoms with Gasteiger partial charge in [-0.05, 0) is 61.9 Å². The Kier molecular flexibility index (Phi) is 11.6. The zero-order chi connectivity index (χ0) is 34.4. The van der Waals surface area contributed by atoms with Gasteiger partial charge in [-0.15, -0.1) is 0 Å². The van der Waals surface area contributed by atoms with E-state index in [4.69, 9.17) is 23.2 Å². The summed E-state index contributed by atoms with van der Waals surface area (Å²) in [5.41, 5.74) is 0.268. The molecule has 248 valence electrons. The van der Waals surface area contributed by atoms with E-state index in [0.29, 0.717) is 21.5 Å². The van der Waals surface area contributed by atoms with Crippen LogP contribution in [-0.4, -0.2) is 44.3 Å². The molecule has 0 fully saturated rings. The fraction of sp³-hybridized carbons (Fsp3) is 0.235. The molecule has 0 heterocycles. The Balaban J connectivity index is 1.87. The first-order chi connectivity index (χ1) is 22.2. The summed E-state index contributed by atoms with van der Waals surface area (Å²) >= 11 is 13.0. The van der Waals surface area contributed by atoms with Gasteiger partial charge in [0.25, 0.3) is 10.0 Å². The van der Waals surface area contributed by atoms with E-state index >= 15 is 0 Å². The number of sulfonamides is 1. The van der Waals surface area contributed by atoms with Gasteiger partial charge in [-0.2, -0.15) is 13.2 Å². The second-order valence-corrected chi connectivity index (χ2v) is 13.4. The zero-order valence-corrected chi connectivity index (χ0v) is 27.8. The maximum absolute atomic E-state index is 14.4. The number of halogens is 5. The van der Waals surface area contributed by atoms with Crippen LogP contribution in [0.4, 0.5) is 18.9 Å². The van der Waals surface area contributed by atoms with Crippen LogP contribution in [0.25, 0.3) is 0 Å². The molecule has 1 atom stereocenters. The molecule has 0 saturated carbocycles. The number of alkyl halides is 3. The van der Waals surface area contributed by atoms with Crippen molar-refractivity contribution in [2.75, 3.05) is 17.4 Å². The largest absolute Gasteiger partial charge is 0.416 e. The van der Waals surface area contributed by atoms with Crippen LogP contribution in [0, 0.1) is 6.92 Å². The molecule has 0 aliphatic heterocycles. The van der Waals surface area contributed by atoms with Crippen LogP contribution in [0.5, 0.6) is 0 Å². The van der Waals surface area contributed by atoms with Crippen molar-refractivity contribution >= 4 is 50.7 Å². The summed E-state index contributed by atoms with van der Waals surface area (Å²) in [6, 6.07) is 21.8. The smallest absolute Gasteiger partial charge is 0.355 e. The predicted molar refractivity (Wildman–Crippen MR) is 177 cm³/mol. The number of amides is 2. The SMILES string of the molecule is CCNC(=O)C(Cc1ccccc1)N(Cc1c(Cl)cccc1Cl)C(=O)CN(c1cccc(C(F)(F)F)c1)S(=O)(=O)c1ccc(C)cc1. The molecular weight excluding hydrogens is 674 g/mol. The second-order valence-electron chi connectivity index (χ2n) is 10.7. The first-order valence-electron chi connectivity index (χ1n) is 14.5. The van der Waals surface area contributed by atoms with Crippen molar-refractivity contribution < 1.29 is 31.2 Å². The highest BCUT2D eigenvalue weighted by Gasteiger charge is 2.36. The molecule has 2 amide bonds. The van der Waals surface area contributed by atoms with Crippen LogP contribution >= 0.6 is 23.2 Å². The molecule has 0 aliphatic carbocycles. The molecule has 47 heavy (non-hydrogen) atoms. The summed E-state index contributed by atoms with van der Waals surface area (Å²) in [6.45, 7) is 2.45. The molecule has 1 unspecified atom stereocenters. The Morgan fingerprint density at radius 2 is 1.49 bits per heavy atom. The van der Waals surface area contributed by atoms with Gasteiger partial charge in [0.1, 0.15) is 12.6 Å². The van der Waals surface area contributed by atoms with Crippen molar-refractivity contribution in [2.45, 2.75) is 43.9 Å². The number of anilines is 1. The fourth-order valence-electron chi connectivity index (χ4n) is 4.90. The number of carbonyl (C=O) groups is 2. The lowest BCUT2D eigenvalue weighted by atomic mass is 10.0. The van der Waals surface area contributed by atoms with E-state index in [9.17, 15) is 31.2 Å². The molecule has 7 nitrogen and oxygen atoms in total. The number of benzene rings is 4. The monoisotopic (exact) mass is 705 g/mol. The van der Waals surface area contributed by atoms with Crippen molar-refractivity contribution in [1.82, 2.24) is 10.2 Å². The summed E-state index contributed by atoms with van der Waals surface area (Å²) in [7, 11) is -4.60. The van der Waals surface area contributed by atoms with Gasteiger partial charge in [-0.3, -0.25) is 13.9 Å². The third-order valence-electron chi connectivity index (χ3n) is 7.36. The van der Waals surface area contributed by atoms with Crippen LogP contribution in [0.2, 0.25) is 10.0 Å². The lowest BCUT2D eigenvalue weighted by molar-refractivity contribution is -0.140. The molecule has 0 saturated heterocycles. The van der Waals surface area contributed by atoms with Crippen molar-refractivity contribution in [3.05, 3.63) is 129 Å². The zero-order valence-electron chi connectivity index (χ0n) is 25.5. The van der Waals surface area contributed by atoms with Crippen LogP contribution in [-0.2, 0) is 38.8 Å². The number of aryl methyl sites for hydroxylation is 1. The van der Waals surface area contributed by atoms with Gasteiger partial charge in [0, 0.05) is 35.1 Å². The Morgan fingerprint density at radius 1 is 0.872 bits per heavy atom.